The molecule has 1 amide bonds. The third-order valence-electron chi connectivity index (χ3n) is 3.11. The molecule has 2 rings (SSSR count). The molecule has 1 atom stereocenters. The average Bonchev–Trinajstić information content (AvgIpc) is 2.82. The van der Waals surface area contributed by atoms with E-state index >= 15 is 0 Å². The van der Waals surface area contributed by atoms with Gasteiger partial charge in [0.2, 0.25) is 0 Å². The minimum absolute atomic E-state index is 0.181. The number of ether oxygens (including phenoxy) is 1. The van der Waals surface area contributed by atoms with Gasteiger partial charge in [0.15, 0.2) is 0 Å². The molecule has 0 radical (unpaired) electrons. The Labute approximate surface area is 113 Å². The molecule has 100 valence electrons. The van der Waals surface area contributed by atoms with Gasteiger partial charge in [-0.3, -0.25) is 0 Å². The van der Waals surface area contributed by atoms with Crippen LogP contribution in [0.15, 0.2) is 11.4 Å². The van der Waals surface area contributed by atoms with Crippen LogP contribution < -0.4 is 0 Å². The zero-order valence-electron chi connectivity index (χ0n) is 11.5. The first kappa shape index (κ1) is 13.4. The Balaban J connectivity index is 1.97. The lowest BCUT2D eigenvalue weighted by atomic mass is 10.0. The molecule has 0 aliphatic carbocycles. The second-order valence-electron chi connectivity index (χ2n) is 5.88. The normalized spacial score (nSPS) is 20.2. The van der Waals surface area contributed by atoms with E-state index in [-0.39, 0.29) is 6.09 Å². The zero-order valence-corrected chi connectivity index (χ0v) is 12.3. The molecule has 0 saturated carbocycles. The molecule has 1 aliphatic rings. The van der Waals surface area contributed by atoms with Crippen LogP contribution in [0.25, 0.3) is 0 Å². The Morgan fingerprint density at radius 2 is 2.22 bits per heavy atom. The summed E-state index contributed by atoms with van der Waals surface area (Å²) in [5.74, 6) is 0.484. The number of carbonyl (C=O) groups is 1. The number of likely N-dealkylation sites (tertiary alicyclic amines) is 1. The number of thiophene rings is 1. The number of hydrogen-bond donors (Lipinski definition) is 0. The van der Waals surface area contributed by atoms with E-state index in [0.717, 1.165) is 19.5 Å². The summed E-state index contributed by atoms with van der Waals surface area (Å²) in [5, 5.41) is 2.13. The van der Waals surface area contributed by atoms with Crippen molar-refractivity contribution in [1.29, 1.82) is 0 Å². The molecule has 3 nitrogen and oxygen atoms in total. The van der Waals surface area contributed by atoms with Gasteiger partial charge in [0.1, 0.15) is 5.60 Å². The quantitative estimate of drug-likeness (QED) is 0.775. The van der Waals surface area contributed by atoms with Crippen molar-refractivity contribution >= 4 is 17.4 Å². The number of aryl methyl sites for hydroxylation is 1. The van der Waals surface area contributed by atoms with Crippen molar-refractivity contribution in [3.05, 3.63) is 21.9 Å². The van der Waals surface area contributed by atoms with Gasteiger partial charge in [-0.25, -0.2) is 4.79 Å². The van der Waals surface area contributed by atoms with Crippen LogP contribution in [0.3, 0.4) is 0 Å². The summed E-state index contributed by atoms with van der Waals surface area (Å²) in [5.41, 5.74) is 0.935. The summed E-state index contributed by atoms with van der Waals surface area (Å²) in [6.07, 6.45) is 0.861. The van der Waals surface area contributed by atoms with Crippen molar-refractivity contribution in [1.82, 2.24) is 4.90 Å². The van der Waals surface area contributed by atoms with Crippen LogP contribution in [0.2, 0.25) is 0 Å². The second-order valence-corrected chi connectivity index (χ2v) is 6.83. The first-order chi connectivity index (χ1) is 8.37. The first-order valence-electron chi connectivity index (χ1n) is 6.39. The fourth-order valence-corrected chi connectivity index (χ4v) is 3.33. The summed E-state index contributed by atoms with van der Waals surface area (Å²) in [6.45, 7) is 9.45. The highest BCUT2D eigenvalue weighted by molar-refractivity contribution is 7.10. The predicted molar refractivity (Wildman–Crippen MR) is 74.2 cm³/mol. The van der Waals surface area contributed by atoms with Gasteiger partial charge in [0.25, 0.3) is 0 Å². The molecule has 1 saturated heterocycles. The molecule has 1 fully saturated rings. The van der Waals surface area contributed by atoms with Gasteiger partial charge in [-0.1, -0.05) is 0 Å². The van der Waals surface area contributed by atoms with Crippen LogP contribution in [0.5, 0.6) is 0 Å². The number of nitrogens with zero attached hydrogens (tertiary/aromatic N) is 1. The monoisotopic (exact) mass is 267 g/mol. The molecule has 1 aromatic heterocycles. The van der Waals surface area contributed by atoms with Gasteiger partial charge < -0.3 is 9.64 Å². The summed E-state index contributed by atoms with van der Waals surface area (Å²) < 4.78 is 5.41. The van der Waals surface area contributed by atoms with Crippen molar-refractivity contribution in [3.8, 4) is 0 Å². The highest BCUT2D eigenvalue weighted by Crippen LogP contribution is 2.33. The van der Waals surface area contributed by atoms with Gasteiger partial charge in [-0.05, 0) is 51.1 Å². The number of hydrogen-bond acceptors (Lipinski definition) is 3. The van der Waals surface area contributed by atoms with Crippen LogP contribution in [0.1, 0.15) is 43.6 Å². The van der Waals surface area contributed by atoms with Crippen molar-refractivity contribution in [2.24, 2.45) is 0 Å². The Morgan fingerprint density at radius 1 is 1.50 bits per heavy atom. The van der Waals surface area contributed by atoms with Crippen molar-refractivity contribution < 1.29 is 9.53 Å². The van der Waals surface area contributed by atoms with E-state index in [9.17, 15) is 4.79 Å². The Bertz CT molecular complexity index is 433. The second kappa shape index (κ2) is 4.92. The summed E-state index contributed by atoms with van der Waals surface area (Å²) >= 11 is 1.79. The topological polar surface area (TPSA) is 29.5 Å². The number of carbonyl (C=O) groups excluding carboxylic acids is 1. The standard InChI is InChI=1S/C14H21NO2S/c1-10-6-8-18-12(10)11-5-7-15(9-11)13(16)17-14(2,3)4/h6,8,11H,5,7,9H2,1-4H3. The van der Waals surface area contributed by atoms with Gasteiger partial charge in [0.05, 0.1) is 0 Å². The lowest BCUT2D eigenvalue weighted by molar-refractivity contribution is 0.0292. The Hall–Kier alpha value is -1.03. The SMILES string of the molecule is Cc1ccsc1C1CCN(C(=O)OC(C)(C)C)C1. The van der Waals surface area contributed by atoms with Crippen LogP contribution in [0, 0.1) is 6.92 Å². The summed E-state index contributed by atoms with van der Waals surface area (Å²) in [4.78, 5) is 15.2. The zero-order chi connectivity index (χ0) is 13.3. The first-order valence-corrected chi connectivity index (χ1v) is 7.27. The fraction of sp³-hybridized carbons (Fsp3) is 0.643. The third kappa shape index (κ3) is 3.05. The van der Waals surface area contributed by atoms with Crippen LogP contribution in [-0.4, -0.2) is 29.7 Å². The van der Waals surface area contributed by atoms with E-state index in [1.807, 2.05) is 25.7 Å². The highest BCUT2D eigenvalue weighted by Gasteiger charge is 2.31. The van der Waals surface area contributed by atoms with Crippen LogP contribution >= 0.6 is 11.3 Å². The maximum atomic E-state index is 12.0. The largest absolute Gasteiger partial charge is 0.444 e. The lowest BCUT2D eigenvalue weighted by Gasteiger charge is -2.24. The van der Waals surface area contributed by atoms with E-state index in [4.69, 9.17) is 4.74 Å². The highest BCUT2D eigenvalue weighted by atomic mass is 32.1. The predicted octanol–water partition coefficient (Wildman–Crippen LogP) is 3.78. The maximum Gasteiger partial charge on any atom is 0.410 e. The van der Waals surface area contributed by atoms with Crippen molar-refractivity contribution in [3.63, 3.8) is 0 Å². The minimum atomic E-state index is -0.409. The maximum absolute atomic E-state index is 12.0. The molecule has 4 heteroatoms. The van der Waals surface area contributed by atoms with E-state index in [1.54, 1.807) is 11.3 Å². The molecule has 18 heavy (non-hydrogen) atoms. The summed E-state index contributed by atoms with van der Waals surface area (Å²) in [6, 6.07) is 2.15. The van der Waals surface area contributed by atoms with E-state index in [0.29, 0.717) is 5.92 Å². The van der Waals surface area contributed by atoms with Crippen LogP contribution in [-0.2, 0) is 4.74 Å². The third-order valence-corrected chi connectivity index (χ3v) is 4.29. The van der Waals surface area contributed by atoms with Crippen molar-refractivity contribution in [2.75, 3.05) is 13.1 Å². The number of amides is 1. The fourth-order valence-electron chi connectivity index (χ4n) is 2.27. The van der Waals surface area contributed by atoms with E-state index in [1.165, 1.54) is 10.4 Å². The molecule has 2 heterocycles. The smallest absolute Gasteiger partial charge is 0.410 e. The molecule has 1 unspecified atom stereocenters. The Kier molecular flexibility index (Phi) is 3.66. The van der Waals surface area contributed by atoms with Gasteiger partial charge in [-0.15, -0.1) is 11.3 Å². The molecule has 1 aliphatic heterocycles. The van der Waals surface area contributed by atoms with Crippen LogP contribution in [0.4, 0.5) is 4.79 Å². The number of rotatable bonds is 1. The molecule has 1 aromatic rings. The molecule has 0 bridgehead atoms. The van der Waals surface area contributed by atoms with E-state index < -0.39 is 5.60 Å². The van der Waals surface area contributed by atoms with Crippen molar-refractivity contribution in [2.45, 2.75) is 45.6 Å². The van der Waals surface area contributed by atoms with Gasteiger partial charge in [0, 0.05) is 23.9 Å². The summed E-state index contributed by atoms with van der Waals surface area (Å²) in [7, 11) is 0. The molecule has 0 spiro atoms. The van der Waals surface area contributed by atoms with Gasteiger partial charge in [-0.2, -0.15) is 0 Å². The van der Waals surface area contributed by atoms with E-state index in [2.05, 4.69) is 18.4 Å². The van der Waals surface area contributed by atoms with Gasteiger partial charge >= 0.3 is 6.09 Å². The molecule has 0 aromatic carbocycles. The minimum Gasteiger partial charge on any atom is -0.444 e. The lowest BCUT2D eigenvalue weighted by Crippen LogP contribution is -2.35. The molecular formula is C14H21NO2S. The average molecular weight is 267 g/mol. The molecular weight excluding hydrogens is 246 g/mol. The molecule has 0 N–H and O–H groups in total. The Morgan fingerprint density at radius 3 is 2.78 bits per heavy atom.